The summed E-state index contributed by atoms with van der Waals surface area (Å²) in [7, 11) is 2.11. The fourth-order valence-electron chi connectivity index (χ4n) is 1.84. The van der Waals surface area contributed by atoms with Crippen LogP contribution in [0.5, 0.6) is 0 Å². The minimum atomic E-state index is 0.564. The molecule has 0 spiro atoms. The van der Waals surface area contributed by atoms with E-state index in [9.17, 15) is 0 Å². The van der Waals surface area contributed by atoms with Crippen LogP contribution in [0.2, 0.25) is 0 Å². The van der Waals surface area contributed by atoms with Crippen molar-refractivity contribution in [2.24, 2.45) is 0 Å². The lowest BCUT2D eigenvalue weighted by molar-refractivity contribution is 0.310. The molecule has 21 heavy (non-hydrogen) atoms. The first-order chi connectivity index (χ1) is 10.2. The van der Waals surface area contributed by atoms with Gasteiger partial charge in [0.1, 0.15) is 0 Å². The van der Waals surface area contributed by atoms with Crippen LogP contribution in [0, 0.1) is 0 Å². The normalized spacial score (nSPS) is 12.8. The van der Waals surface area contributed by atoms with Gasteiger partial charge in [-0.1, -0.05) is 25.6 Å². The third-order valence-corrected chi connectivity index (χ3v) is 4.47. The molecular weight excluding hydrogens is 282 g/mol. The first kappa shape index (κ1) is 16.0. The summed E-state index contributed by atoms with van der Waals surface area (Å²) in [6, 6.07) is 0. The van der Waals surface area contributed by atoms with Crippen LogP contribution in [0.15, 0.2) is 36.3 Å². The van der Waals surface area contributed by atoms with Gasteiger partial charge in [-0.15, -0.1) is 0 Å². The van der Waals surface area contributed by atoms with E-state index in [1.54, 1.807) is 11.8 Å². The lowest BCUT2D eigenvalue weighted by Gasteiger charge is -2.16. The zero-order chi connectivity index (χ0) is 15.1. The average molecular weight is 305 g/mol. The van der Waals surface area contributed by atoms with Crippen molar-refractivity contribution in [2.45, 2.75) is 43.8 Å². The number of imidazole rings is 1. The zero-order valence-electron chi connectivity index (χ0n) is 12.9. The molecule has 0 radical (unpaired) electrons. The van der Waals surface area contributed by atoms with Crippen LogP contribution < -0.4 is 0 Å². The number of likely N-dealkylation sites (N-methyl/N-ethyl adjacent to an activating group) is 1. The van der Waals surface area contributed by atoms with Crippen LogP contribution >= 0.6 is 11.8 Å². The summed E-state index contributed by atoms with van der Waals surface area (Å²) in [5, 5.41) is 1.43. The molecule has 0 N–H and O–H groups in total. The van der Waals surface area contributed by atoms with Crippen LogP contribution in [0.3, 0.4) is 0 Å². The predicted molar refractivity (Wildman–Crippen MR) is 86.2 cm³/mol. The Bertz CT molecular complexity index is 511. The molecule has 0 amide bonds. The molecule has 2 rings (SSSR count). The van der Waals surface area contributed by atoms with E-state index < -0.39 is 0 Å². The maximum Gasteiger partial charge on any atom is 0.187 e. The van der Waals surface area contributed by atoms with Crippen LogP contribution in [0.4, 0.5) is 0 Å². The highest BCUT2D eigenvalue weighted by atomic mass is 32.2. The van der Waals surface area contributed by atoms with Crippen molar-refractivity contribution in [3.05, 3.63) is 36.7 Å². The summed E-state index contributed by atoms with van der Waals surface area (Å²) in [6.07, 6.45) is 10.6. The van der Waals surface area contributed by atoms with E-state index >= 15 is 0 Å². The second-order valence-corrected chi connectivity index (χ2v) is 6.65. The van der Waals surface area contributed by atoms with Crippen LogP contribution in [0.1, 0.15) is 25.8 Å². The highest BCUT2D eigenvalue weighted by Crippen LogP contribution is 2.20. The van der Waals surface area contributed by atoms with Gasteiger partial charge in [0.05, 0.1) is 6.33 Å². The molecule has 0 unspecified atom stereocenters. The highest BCUT2D eigenvalue weighted by molar-refractivity contribution is 7.99. The highest BCUT2D eigenvalue weighted by Gasteiger charge is 2.06. The van der Waals surface area contributed by atoms with Gasteiger partial charge in [0.2, 0.25) is 0 Å². The summed E-state index contributed by atoms with van der Waals surface area (Å²) in [5.74, 6) is 0. The predicted octanol–water partition coefficient (Wildman–Crippen LogP) is 2.70. The Morgan fingerprint density at radius 3 is 2.71 bits per heavy atom. The van der Waals surface area contributed by atoms with Crippen molar-refractivity contribution in [3.63, 3.8) is 0 Å². The van der Waals surface area contributed by atoms with Gasteiger partial charge in [0.15, 0.2) is 5.16 Å². The topological polar surface area (TPSA) is 46.8 Å². The van der Waals surface area contributed by atoms with Crippen molar-refractivity contribution in [2.75, 3.05) is 13.6 Å². The standard InChI is InChI=1S/C15H23N5S/c1-4-13(2)21-15-17-9-14(10-18-15)11-19(3)7-8-20-6-5-16-12-20/h5-6,9-10,12-13H,4,7-8,11H2,1-3H3/t13-/m0/s1. The molecule has 0 aromatic carbocycles. The van der Waals surface area contributed by atoms with Gasteiger partial charge in [-0.2, -0.15) is 0 Å². The molecule has 0 saturated heterocycles. The molecule has 114 valence electrons. The van der Waals surface area contributed by atoms with Crippen molar-refractivity contribution in [3.8, 4) is 0 Å². The van der Waals surface area contributed by atoms with E-state index in [1.807, 2.05) is 31.1 Å². The minimum absolute atomic E-state index is 0.564. The Hall–Kier alpha value is -1.40. The molecule has 6 heteroatoms. The summed E-state index contributed by atoms with van der Waals surface area (Å²) in [5.41, 5.74) is 1.15. The second-order valence-electron chi connectivity index (χ2n) is 5.25. The number of hydrogen-bond acceptors (Lipinski definition) is 5. The van der Waals surface area contributed by atoms with Gasteiger partial charge >= 0.3 is 0 Å². The van der Waals surface area contributed by atoms with Crippen LogP contribution in [-0.4, -0.2) is 43.3 Å². The molecule has 0 bridgehead atoms. The summed E-state index contributed by atoms with van der Waals surface area (Å²) in [4.78, 5) is 15.2. The Labute approximate surface area is 130 Å². The average Bonchev–Trinajstić information content (AvgIpc) is 3.00. The molecule has 0 aliphatic rings. The smallest absolute Gasteiger partial charge is 0.187 e. The Morgan fingerprint density at radius 2 is 2.10 bits per heavy atom. The maximum atomic E-state index is 4.44. The fraction of sp³-hybridized carbons (Fsp3) is 0.533. The summed E-state index contributed by atoms with van der Waals surface area (Å²) >= 11 is 1.73. The van der Waals surface area contributed by atoms with Gasteiger partial charge in [0.25, 0.3) is 0 Å². The van der Waals surface area contributed by atoms with E-state index in [2.05, 4.69) is 45.3 Å². The minimum Gasteiger partial charge on any atom is -0.336 e. The molecule has 2 aromatic heterocycles. The molecule has 1 atom stereocenters. The summed E-state index contributed by atoms with van der Waals surface area (Å²) in [6.45, 7) is 7.16. The Morgan fingerprint density at radius 1 is 1.33 bits per heavy atom. The third kappa shape index (κ3) is 5.47. The zero-order valence-corrected chi connectivity index (χ0v) is 13.8. The van der Waals surface area contributed by atoms with E-state index in [0.717, 1.165) is 36.8 Å². The lowest BCUT2D eigenvalue weighted by atomic mass is 10.3. The van der Waals surface area contributed by atoms with Gasteiger partial charge < -0.3 is 9.47 Å². The largest absolute Gasteiger partial charge is 0.336 e. The first-order valence-corrected chi connectivity index (χ1v) is 8.17. The number of nitrogens with zero attached hydrogens (tertiary/aromatic N) is 5. The molecule has 5 nitrogen and oxygen atoms in total. The number of aromatic nitrogens is 4. The fourth-order valence-corrected chi connectivity index (χ4v) is 2.60. The molecule has 0 aliphatic carbocycles. The number of hydrogen-bond donors (Lipinski definition) is 0. The van der Waals surface area contributed by atoms with Crippen molar-refractivity contribution in [1.29, 1.82) is 0 Å². The monoisotopic (exact) mass is 305 g/mol. The van der Waals surface area contributed by atoms with E-state index in [1.165, 1.54) is 0 Å². The molecule has 2 heterocycles. The number of rotatable bonds is 8. The molecule has 0 fully saturated rings. The van der Waals surface area contributed by atoms with Crippen molar-refractivity contribution >= 4 is 11.8 Å². The first-order valence-electron chi connectivity index (χ1n) is 7.29. The van der Waals surface area contributed by atoms with Crippen molar-refractivity contribution in [1.82, 2.24) is 24.4 Å². The van der Waals surface area contributed by atoms with Gasteiger partial charge in [0, 0.05) is 55.2 Å². The van der Waals surface area contributed by atoms with Crippen LogP contribution in [0.25, 0.3) is 0 Å². The van der Waals surface area contributed by atoms with Crippen molar-refractivity contribution < 1.29 is 0 Å². The molecule has 2 aromatic rings. The van der Waals surface area contributed by atoms with E-state index in [0.29, 0.717) is 5.25 Å². The Kier molecular flexibility index (Phi) is 6.20. The SMILES string of the molecule is CC[C@H](C)Sc1ncc(CN(C)CCn2ccnc2)cn1. The third-order valence-electron chi connectivity index (χ3n) is 3.31. The number of thioether (sulfide) groups is 1. The van der Waals surface area contributed by atoms with Gasteiger partial charge in [-0.25, -0.2) is 15.0 Å². The lowest BCUT2D eigenvalue weighted by Crippen LogP contribution is -2.22. The Balaban J connectivity index is 1.79. The van der Waals surface area contributed by atoms with Gasteiger partial charge in [-0.05, 0) is 13.5 Å². The second kappa shape index (κ2) is 8.14. The maximum absolute atomic E-state index is 4.44. The molecule has 0 aliphatic heterocycles. The van der Waals surface area contributed by atoms with E-state index in [4.69, 9.17) is 0 Å². The van der Waals surface area contributed by atoms with E-state index in [-0.39, 0.29) is 0 Å². The summed E-state index contributed by atoms with van der Waals surface area (Å²) < 4.78 is 2.08. The quantitative estimate of drug-likeness (QED) is 0.554. The molecule has 0 saturated carbocycles. The molecular formula is C15H23N5S. The van der Waals surface area contributed by atoms with Crippen LogP contribution in [-0.2, 0) is 13.1 Å². The van der Waals surface area contributed by atoms with Gasteiger partial charge in [-0.3, -0.25) is 0 Å².